The van der Waals surface area contributed by atoms with Gasteiger partial charge in [0.05, 0.1) is 23.3 Å². The maximum Gasteiger partial charge on any atom is 0.190 e. The van der Waals surface area contributed by atoms with Gasteiger partial charge in [-0.1, -0.05) is 54.4 Å². The molecule has 3 fully saturated rings. The highest BCUT2D eigenvalue weighted by atomic mass is 32.2. The van der Waals surface area contributed by atoms with E-state index in [2.05, 4.69) is 4.90 Å². The second-order valence-corrected chi connectivity index (χ2v) is 12.6. The standard InChI is InChI=1S/C28H37NO6S/c1-20-12-14-22(15-13-20)36(30,31)19-23(29-16-8-5-9-17-29)24-25(32-18-21-10-6-4-7-11-21)26-27(33-24)35-28(2,3)34-26/h4,6-7,10-15,23-27H,5,8-9,16-19H2,1-3H3/t23-,24+,25-,26+,27-/m1/s1. The first-order valence-corrected chi connectivity index (χ1v) is 14.6. The molecule has 3 heterocycles. The van der Waals surface area contributed by atoms with Crippen molar-refractivity contribution in [2.75, 3.05) is 18.8 Å². The maximum atomic E-state index is 13.6. The minimum Gasteiger partial charge on any atom is -0.368 e. The molecule has 8 heteroatoms. The average Bonchev–Trinajstić information content (AvgIpc) is 3.34. The third kappa shape index (κ3) is 5.69. The second-order valence-electron chi connectivity index (χ2n) is 10.6. The van der Waals surface area contributed by atoms with E-state index in [0.717, 1.165) is 43.5 Å². The van der Waals surface area contributed by atoms with Crippen molar-refractivity contribution < 1.29 is 27.4 Å². The molecule has 0 bridgehead atoms. The Hall–Kier alpha value is -1.81. The first-order chi connectivity index (χ1) is 17.2. The first-order valence-electron chi connectivity index (χ1n) is 12.9. The number of rotatable bonds is 8. The maximum absolute atomic E-state index is 13.6. The van der Waals surface area contributed by atoms with Crippen molar-refractivity contribution in [3.05, 3.63) is 65.7 Å². The van der Waals surface area contributed by atoms with E-state index in [0.29, 0.717) is 11.5 Å². The van der Waals surface area contributed by atoms with E-state index in [-0.39, 0.29) is 11.8 Å². The van der Waals surface area contributed by atoms with Crippen LogP contribution in [0.2, 0.25) is 0 Å². The Morgan fingerprint density at radius 1 is 1.00 bits per heavy atom. The summed E-state index contributed by atoms with van der Waals surface area (Å²) in [5.41, 5.74) is 2.07. The van der Waals surface area contributed by atoms with Crippen molar-refractivity contribution in [3.8, 4) is 0 Å². The topological polar surface area (TPSA) is 74.3 Å². The van der Waals surface area contributed by atoms with Crippen molar-refractivity contribution in [2.45, 2.75) is 88.0 Å². The van der Waals surface area contributed by atoms with Gasteiger partial charge in [-0.05, 0) is 64.4 Å². The molecule has 3 saturated heterocycles. The highest BCUT2D eigenvalue weighted by molar-refractivity contribution is 7.91. The summed E-state index contributed by atoms with van der Waals surface area (Å²) in [7, 11) is -3.56. The van der Waals surface area contributed by atoms with E-state index in [4.69, 9.17) is 18.9 Å². The van der Waals surface area contributed by atoms with E-state index in [9.17, 15) is 8.42 Å². The number of ether oxygens (including phenoxy) is 4. The van der Waals surface area contributed by atoms with Gasteiger partial charge in [-0.3, -0.25) is 4.90 Å². The summed E-state index contributed by atoms with van der Waals surface area (Å²) in [6.07, 6.45) is 1.24. The van der Waals surface area contributed by atoms with Gasteiger partial charge in [-0.15, -0.1) is 0 Å². The van der Waals surface area contributed by atoms with Crippen LogP contribution >= 0.6 is 0 Å². The average molecular weight is 516 g/mol. The van der Waals surface area contributed by atoms with Crippen molar-refractivity contribution in [1.29, 1.82) is 0 Å². The van der Waals surface area contributed by atoms with Crippen LogP contribution in [-0.2, 0) is 35.4 Å². The number of likely N-dealkylation sites (tertiary alicyclic amines) is 1. The lowest BCUT2D eigenvalue weighted by Gasteiger charge is -2.39. The Kier molecular flexibility index (Phi) is 7.54. The molecule has 36 heavy (non-hydrogen) atoms. The van der Waals surface area contributed by atoms with E-state index >= 15 is 0 Å². The summed E-state index contributed by atoms with van der Waals surface area (Å²) in [5, 5.41) is 0. The van der Waals surface area contributed by atoms with Gasteiger partial charge >= 0.3 is 0 Å². The van der Waals surface area contributed by atoms with Gasteiger partial charge in [-0.2, -0.15) is 0 Å². The Bertz CT molecular complexity index is 1110. The minimum absolute atomic E-state index is 0.0469. The van der Waals surface area contributed by atoms with Crippen LogP contribution in [0.3, 0.4) is 0 Å². The number of piperidine rings is 1. The lowest BCUT2D eigenvalue weighted by molar-refractivity contribution is -0.225. The van der Waals surface area contributed by atoms with Gasteiger partial charge < -0.3 is 18.9 Å². The molecule has 5 rings (SSSR count). The fourth-order valence-electron chi connectivity index (χ4n) is 5.49. The third-order valence-corrected chi connectivity index (χ3v) is 9.09. The van der Waals surface area contributed by atoms with Crippen LogP contribution in [0, 0.1) is 6.92 Å². The predicted molar refractivity (Wildman–Crippen MR) is 136 cm³/mol. The fraction of sp³-hybridized carbons (Fsp3) is 0.571. The van der Waals surface area contributed by atoms with Gasteiger partial charge in [-0.25, -0.2) is 8.42 Å². The van der Waals surface area contributed by atoms with E-state index in [1.807, 2.05) is 63.2 Å². The first kappa shape index (κ1) is 25.8. The molecule has 7 nitrogen and oxygen atoms in total. The van der Waals surface area contributed by atoms with E-state index < -0.39 is 40.2 Å². The fourth-order valence-corrected chi connectivity index (χ4v) is 7.09. The van der Waals surface area contributed by atoms with E-state index in [1.165, 1.54) is 0 Å². The van der Waals surface area contributed by atoms with Crippen LogP contribution < -0.4 is 0 Å². The number of sulfone groups is 1. The van der Waals surface area contributed by atoms with Crippen molar-refractivity contribution in [3.63, 3.8) is 0 Å². The van der Waals surface area contributed by atoms with Gasteiger partial charge in [0.25, 0.3) is 0 Å². The monoisotopic (exact) mass is 515 g/mol. The summed E-state index contributed by atoms with van der Waals surface area (Å²) in [5.74, 6) is -0.835. The number of fused-ring (bicyclic) bond motifs is 1. The summed E-state index contributed by atoms with van der Waals surface area (Å²) >= 11 is 0. The molecule has 2 aromatic carbocycles. The molecular formula is C28H37NO6S. The van der Waals surface area contributed by atoms with Crippen molar-refractivity contribution in [1.82, 2.24) is 4.90 Å². The summed E-state index contributed by atoms with van der Waals surface area (Å²) in [6.45, 7) is 7.73. The molecule has 2 aromatic rings. The molecule has 0 saturated carbocycles. The number of aryl methyl sites for hydroxylation is 1. The highest BCUT2D eigenvalue weighted by Crippen LogP contribution is 2.41. The molecule has 0 amide bonds. The van der Waals surface area contributed by atoms with Gasteiger partial charge in [0.15, 0.2) is 21.9 Å². The molecule has 0 aromatic heterocycles. The van der Waals surface area contributed by atoms with E-state index in [1.54, 1.807) is 12.1 Å². The Morgan fingerprint density at radius 2 is 1.69 bits per heavy atom. The number of hydrogen-bond donors (Lipinski definition) is 0. The molecule has 196 valence electrons. The lowest BCUT2D eigenvalue weighted by atomic mass is 10.0. The summed E-state index contributed by atoms with van der Waals surface area (Å²) in [4.78, 5) is 2.61. The molecule has 5 atom stereocenters. The number of nitrogens with zero attached hydrogens (tertiary/aromatic N) is 1. The number of hydrogen-bond acceptors (Lipinski definition) is 7. The molecule has 3 aliphatic rings. The molecule has 0 aliphatic carbocycles. The predicted octanol–water partition coefficient (Wildman–Crippen LogP) is 4.09. The minimum atomic E-state index is -3.56. The molecule has 0 unspecified atom stereocenters. The molecule has 0 radical (unpaired) electrons. The molecule has 0 spiro atoms. The van der Waals surface area contributed by atoms with Crippen molar-refractivity contribution in [2.24, 2.45) is 0 Å². The lowest BCUT2D eigenvalue weighted by Crippen LogP contribution is -2.54. The van der Waals surface area contributed by atoms with Crippen LogP contribution in [0.1, 0.15) is 44.2 Å². The SMILES string of the molecule is Cc1ccc(S(=O)(=O)C[C@H]([C@@H]2O[C@@H]3OC(C)(C)O[C@H]3[C@@H]2OCc2ccccc2)N2CCCCC2)cc1. The van der Waals surface area contributed by atoms with Crippen LogP contribution in [-0.4, -0.2) is 68.6 Å². The zero-order valence-electron chi connectivity index (χ0n) is 21.3. The van der Waals surface area contributed by atoms with Crippen LogP contribution in [0.25, 0.3) is 0 Å². The Morgan fingerprint density at radius 3 is 2.39 bits per heavy atom. The Labute approximate surface area is 214 Å². The largest absolute Gasteiger partial charge is 0.368 e. The third-order valence-electron chi connectivity index (χ3n) is 7.32. The molecule has 3 aliphatic heterocycles. The van der Waals surface area contributed by atoms with Gasteiger partial charge in [0.1, 0.15) is 18.3 Å². The molecule has 0 N–H and O–H groups in total. The zero-order chi connectivity index (χ0) is 25.3. The van der Waals surface area contributed by atoms with Gasteiger partial charge in [0, 0.05) is 0 Å². The smallest absolute Gasteiger partial charge is 0.190 e. The molecular weight excluding hydrogens is 478 g/mol. The summed E-state index contributed by atoms with van der Waals surface area (Å²) < 4.78 is 52.4. The number of benzene rings is 2. The van der Waals surface area contributed by atoms with Crippen LogP contribution in [0.15, 0.2) is 59.5 Å². The van der Waals surface area contributed by atoms with Crippen molar-refractivity contribution >= 4 is 9.84 Å². The second kappa shape index (κ2) is 10.5. The van der Waals surface area contributed by atoms with Crippen LogP contribution in [0.4, 0.5) is 0 Å². The Balaban J connectivity index is 1.44. The van der Waals surface area contributed by atoms with Crippen LogP contribution in [0.5, 0.6) is 0 Å². The van der Waals surface area contributed by atoms with Gasteiger partial charge in [0.2, 0.25) is 0 Å². The zero-order valence-corrected chi connectivity index (χ0v) is 22.2. The summed E-state index contributed by atoms with van der Waals surface area (Å²) in [6, 6.07) is 16.7. The quantitative estimate of drug-likeness (QED) is 0.524. The normalized spacial score (nSPS) is 29.2. The highest BCUT2D eigenvalue weighted by Gasteiger charge is 2.58.